The van der Waals surface area contributed by atoms with Gasteiger partial charge >= 0.3 is 0 Å². The second-order valence-electron chi connectivity index (χ2n) is 4.68. The molecule has 0 aromatic carbocycles. The Bertz CT molecular complexity index is 207. The maximum atomic E-state index is 11.2. The van der Waals surface area contributed by atoms with Gasteiger partial charge in [-0.1, -0.05) is 6.42 Å². The van der Waals surface area contributed by atoms with E-state index >= 15 is 0 Å². The Labute approximate surface area is 94.9 Å². The summed E-state index contributed by atoms with van der Waals surface area (Å²) in [6.45, 7) is 2.28. The van der Waals surface area contributed by atoms with Crippen molar-refractivity contribution in [1.29, 1.82) is 0 Å². The van der Waals surface area contributed by atoms with Crippen LogP contribution in [0.2, 0.25) is 0 Å². The van der Waals surface area contributed by atoms with Crippen LogP contribution in [0.5, 0.6) is 0 Å². The highest BCUT2D eigenvalue weighted by molar-refractivity contribution is 7.85. The average Bonchev–Trinajstić information content (AvgIpc) is 2.30. The van der Waals surface area contributed by atoms with Crippen LogP contribution in [-0.2, 0) is 10.8 Å². The van der Waals surface area contributed by atoms with Gasteiger partial charge in [0.2, 0.25) is 0 Å². The minimum atomic E-state index is -0.525. The molecule has 1 atom stereocenters. The van der Waals surface area contributed by atoms with Crippen molar-refractivity contribution in [3.05, 3.63) is 0 Å². The third-order valence-electron chi connectivity index (χ3n) is 3.45. The van der Waals surface area contributed by atoms with E-state index in [9.17, 15) is 4.21 Å². The second kappa shape index (κ2) is 5.97. The Hall–Kier alpha value is 0.0700. The molecule has 2 aliphatic heterocycles. The average molecular weight is 230 g/mol. The molecule has 2 saturated heterocycles. The first kappa shape index (κ1) is 11.6. The van der Waals surface area contributed by atoms with Gasteiger partial charge in [0.05, 0.1) is 0 Å². The summed E-state index contributed by atoms with van der Waals surface area (Å²) in [5.74, 6) is 1.80. The fourth-order valence-corrected chi connectivity index (χ4v) is 3.70. The van der Waals surface area contributed by atoms with Crippen LogP contribution in [-0.4, -0.2) is 40.9 Å². The van der Waals surface area contributed by atoms with Crippen molar-refractivity contribution in [2.75, 3.05) is 24.6 Å². The highest BCUT2D eigenvalue weighted by atomic mass is 32.2. The zero-order valence-corrected chi connectivity index (χ0v) is 10.2. The lowest BCUT2D eigenvalue weighted by Crippen LogP contribution is -2.46. The van der Waals surface area contributed by atoms with E-state index in [1.807, 2.05) is 0 Å². The quantitative estimate of drug-likeness (QED) is 0.747. The van der Waals surface area contributed by atoms with Crippen molar-refractivity contribution in [1.82, 2.24) is 10.6 Å². The summed E-state index contributed by atoms with van der Waals surface area (Å²) in [5, 5.41) is 7.16. The summed E-state index contributed by atoms with van der Waals surface area (Å²) in [5.41, 5.74) is 0. The van der Waals surface area contributed by atoms with Gasteiger partial charge in [0.1, 0.15) is 0 Å². The van der Waals surface area contributed by atoms with Gasteiger partial charge in [-0.15, -0.1) is 0 Å². The largest absolute Gasteiger partial charge is 0.313 e. The maximum Gasteiger partial charge on any atom is 0.0249 e. The normalized spacial score (nSPS) is 37.7. The SMILES string of the molecule is O=S1CCC(NCC2CCCCN2)CC1. The third kappa shape index (κ3) is 3.85. The fourth-order valence-electron chi connectivity index (χ4n) is 2.41. The molecule has 0 aliphatic carbocycles. The molecule has 88 valence electrons. The summed E-state index contributed by atoms with van der Waals surface area (Å²) in [6, 6.07) is 1.29. The Kier molecular flexibility index (Phi) is 4.60. The van der Waals surface area contributed by atoms with Crippen LogP contribution in [0, 0.1) is 0 Å². The smallest absolute Gasteiger partial charge is 0.0249 e. The topological polar surface area (TPSA) is 41.1 Å². The maximum absolute atomic E-state index is 11.2. The van der Waals surface area contributed by atoms with Gasteiger partial charge in [0.15, 0.2) is 0 Å². The minimum absolute atomic E-state index is 0.525. The predicted molar refractivity (Wildman–Crippen MR) is 64.5 cm³/mol. The molecule has 3 nitrogen and oxygen atoms in total. The Balaban J connectivity index is 1.62. The molecule has 4 heteroatoms. The van der Waals surface area contributed by atoms with E-state index < -0.39 is 10.8 Å². The molecule has 0 spiro atoms. The van der Waals surface area contributed by atoms with E-state index in [0.29, 0.717) is 12.1 Å². The summed E-state index contributed by atoms with van der Waals surface area (Å²) >= 11 is 0. The molecule has 2 fully saturated rings. The van der Waals surface area contributed by atoms with Crippen molar-refractivity contribution < 1.29 is 4.21 Å². The fraction of sp³-hybridized carbons (Fsp3) is 1.00. The lowest BCUT2D eigenvalue weighted by atomic mass is 10.0. The first-order valence-corrected chi connectivity index (χ1v) is 7.65. The van der Waals surface area contributed by atoms with Gasteiger partial charge < -0.3 is 10.6 Å². The zero-order chi connectivity index (χ0) is 10.5. The van der Waals surface area contributed by atoms with Crippen molar-refractivity contribution in [3.63, 3.8) is 0 Å². The van der Waals surface area contributed by atoms with Gasteiger partial charge in [-0.25, -0.2) is 0 Å². The summed E-state index contributed by atoms with van der Waals surface area (Å²) in [6.07, 6.45) is 6.21. The van der Waals surface area contributed by atoms with Crippen LogP contribution in [0.15, 0.2) is 0 Å². The molecule has 1 unspecified atom stereocenters. The van der Waals surface area contributed by atoms with Crippen molar-refractivity contribution >= 4 is 10.8 Å². The van der Waals surface area contributed by atoms with Gasteiger partial charge in [-0.3, -0.25) is 4.21 Å². The van der Waals surface area contributed by atoms with Gasteiger partial charge in [0.25, 0.3) is 0 Å². The van der Waals surface area contributed by atoms with Gasteiger partial charge in [-0.2, -0.15) is 0 Å². The number of hydrogen-bond donors (Lipinski definition) is 2. The standard InChI is InChI=1S/C11H22N2OS/c14-15-7-4-10(5-8-15)13-9-11-3-1-2-6-12-11/h10-13H,1-9H2. The van der Waals surface area contributed by atoms with Crippen molar-refractivity contribution in [3.8, 4) is 0 Å². The van der Waals surface area contributed by atoms with E-state index in [2.05, 4.69) is 10.6 Å². The molecule has 0 saturated carbocycles. The monoisotopic (exact) mass is 230 g/mol. The van der Waals surface area contributed by atoms with Crippen molar-refractivity contribution in [2.45, 2.75) is 44.2 Å². The summed E-state index contributed by atoms with van der Waals surface area (Å²) < 4.78 is 11.2. The van der Waals surface area contributed by atoms with Crippen LogP contribution in [0.1, 0.15) is 32.1 Å². The molecule has 0 amide bonds. The summed E-state index contributed by atoms with van der Waals surface area (Å²) in [7, 11) is -0.525. The van der Waals surface area contributed by atoms with E-state index in [0.717, 1.165) is 30.9 Å². The Morgan fingerprint density at radius 2 is 2.00 bits per heavy atom. The molecule has 2 rings (SSSR count). The Morgan fingerprint density at radius 3 is 2.67 bits per heavy atom. The first-order valence-electron chi connectivity index (χ1n) is 6.16. The molecule has 0 aromatic heterocycles. The number of rotatable bonds is 3. The van der Waals surface area contributed by atoms with E-state index in [-0.39, 0.29) is 0 Å². The van der Waals surface area contributed by atoms with Crippen LogP contribution >= 0.6 is 0 Å². The second-order valence-corrected chi connectivity index (χ2v) is 6.37. The van der Waals surface area contributed by atoms with Gasteiger partial charge in [0, 0.05) is 40.9 Å². The number of hydrogen-bond acceptors (Lipinski definition) is 3. The molecule has 2 heterocycles. The lowest BCUT2D eigenvalue weighted by molar-refractivity contribution is 0.358. The summed E-state index contributed by atoms with van der Waals surface area (Å²) in [4.78, 5) is 0. The molecule has 0 radical (unpaired) electrons. The van der Waals surface area contributed by atoms with E-state index in [1.54, 1.807) is 0 Å². The molecule has 15 heavy (non-hydrogen) atoms. The van der Waals surface area contributed by atoms with Crippen LogP contribution in [0.3, 0.4) is 0 Å². The van der Waals surface area contributed by atoms with Gasteiger partial charge in [-0.05, 0) is 32.2 Å². The zero-order valence-electron chi connectivity index (χ0n) is 9.34. The number of piperidine rings is 1. The Morgan fingerprint density at radius 1 is 1.20 bits per heavy atom. The highest BCUT2D eigenvalue weighted by Gasteiger charge is 2.19. The highest BCUT2D eigenvalue weighted by Crippen LogP contribution is 2.10. The molecular weight excluding hydrogens is 208 g/mol. The molecular formula is C11H22N2OS. The van der Waals surface area contributed by atoms with E-state index in [4.69, 9.17) is 0 Å². The molecule has 0 bridgehead atoms. The number of nitrogens with one attached hydrogen (secondary N) is 2. The first-order chi connectivity index (χ1) is 7.34. The van der Waals surface area contributed by atoms with Crippen LogP contribution < -0.4 is 10.6 Å². The predicted octanol–water partition coefficient (Wildman–Crippen LogP) is 0.629. The van der Waals surface area contributed by atoms with Crippen LogP contribution in [0.4, 0.5) is 0 Å². The molecule has 0 aromatic rings. The van der Waals surface area contributed by atoms with E-state index in [1.165, 1.54) is 25.8 Å². The minimum Gasteiger partial charge on any atom is -0.313 e. The third-order valence-corrected chi connectivity index (χ3v) is 4.84. The van der Waals surface area contributed by atoms with Crippen LogP contribution in [0.25, 0.3) is 0 Å². The molecule has 2 aliphatic rings. The van der Waals surface area contributed by atoms with Crippen molar-refractivity contribution in [2.24, 2.45) is 0 Å². The lowest BCUT2D eigenvalue weighted by Gasteiger charge is -2.28. The molecule has 2 N–H and O–H groups in total.